The molecule has 0 saturated carbocycles. The summed E-state index contributed by atoms with van der Waals surface area (Å²) in [6, 6.07) is 10.7. The van der Waals surface area contributed by atoms with E-state index < -0.39 is 10.9 Å². The van der Waals surface area contributed by atoms with Crippen molar-refractivity contribution in [1.82, 2.24) is 0 Å². The van der Waals surface area contributed by atoms with Crippen LogP contribution < -0.4 is 0 Å². The van der Waals surface area contributed by atoms with E-state index in [4.69, 9.17) is 4.74 Å². The van der Waals surface area contributed by atoms with Crippen LogP contribution >= 0.6 is 11.8 Å². The molecule has 0 saturated heterocycles. The number of aliphatic imine (C=N–C) groups is 1. The number of para-hydroxylation sites is 1. The van der Waals surface area contributed by atoms with Crippen LogP contribution in [0.1, 0.15) is 18.1 Å². The molecule has 0 spiro atoms. The lowest BCUT2D eigenvalue weighted by atomic mass is 10.1. The van der Waals surface area contributed by atoms with Crippen LogP contribution in [0, 0.1) is 17.0 Å². The number of phenolic OH excluding ortho intramolecular Hbond substituents is 1. The number of benzene rings is 2. The van der Waals surface area contributed by atoms with Gasteiger partial charge in [-0.15, -0.1) is 0 Å². The minimum atomic E-state index is -0.736. The maximum atomic E-state index is 12.4. The number of aliphatic hydroxyl groups excluding tert-OH is 1. The van der Waals surface area contributed by atoms with Crippen molar-refractivity contribution in [2.75, 3.05) is 6.61 Å². The summed E-state index contributed by atoms with van der Waals surface area (Å²) in [5.74, 6) is -0.975. The number of nitro groups is 1. The standard InChI is InChI=1S/C21H18N2O6S/c1-3-29-21(26)17-19(25)16(11-13-6-4-5-12(2)18(13)24)30-20(17)22-14-7-9-15(10-8-14)23(27)28/h4-11,24-25H,3H2,1-2H3. The molecule has 0 aliphatic carbocycles. The van der Waals surface area contributed by atoms with Crippen molar-refractivity contribution in [2.45, 2.75) is 13.8 Å². The number of nitrogens with zero attached hydrogens (tertiary/aromatic N) is 2. The molecule has 0 atom stereocenters. The van der Waals surface area contributed by atoms with E-state index in [1.54, 1.807) is 38.1 Å². The molecular weight excluding hydrogens is 408 g/mol. The van der Waals surface area contributed by atoms with Crippen molar-refractivity contribution in [3.05, 3.63) is 79.9 Å². The molecule has 8 nitrogen and oxygen atoms in total. The smallest absolute Gasteiger partial charge is 0.344 e. The van der Waals surface area contributed by atoms with Gasteiger partial charge in [0.05, 0.1) is 22.1 Å². The van der Waals surface area contributed by atoms with Gasteiger partial charge in [-0.05, 0) is 37.6 Å². The molecule has 9 heteroatoms. The zero-order chi connectivity index (χ0) is 21.8. The van der Waals surface area contributed by atoms with Crippen molar-refractivity contribution in [3.63, 3.8) is 0 Å². The lowest BCUT2D eigenvalue weighted by Gasteiger charge is -2.04. The molecule has 30 heavy (non-hydrogen) atoms. The first-order valence-electron chi connectivity index (χ1n) is 8.94. The summed E-state index contributed by atoms with van der Waals surface area (Å²) in [5.41, 5.74) is 1.33. The van der Waals surface area contributed by atoms with Crippen molar-refractivity contribution in [1.29, 1.82) is 0 Å². The Morgan fingerprint density at radius 1 is 1.23 bits per heavy atom. The molecule has 1 aliphatic rings. The molecule has 2 aromatic rings. The third kappa shape index (κ3) is 4.36. The third-order valence-corrected chi connectivity index (χ3v) is 5.24. The van der Waals surface area contributed by atoms with Gasteiger partial charge in [0.15, 0.2) is 0 Å². The Morgan fingerprint density at radius 2 is 1.93 bits per heavy atom. The minimum absolute atomic E-state index is 0.0665. The first kappa shape index (κ1) is 21.1. The zero-order valence-electron chi connectivity index (χ0n) is 16.2. The molecule has 3 rings (SSSR count). The largest absolute Gasteiger partial charge is 0.507 e. The van der Waals surface area contributed by atoms with E-state index in [1.807, 2.05) is 0 Å². The molecular formula is C21H18N2O6S. The summed E-state index contributed by atoms with van der Waals surface area (Å²) in [4.78, 5) is 27.4. The number of nitro benzene ring substituents is 1. The predicted octanol–water partition coefficient (Wildman–Crippen LogP) is 4.80. The number of hydrogen-bond donors (Lipinski definition) is 2. The second-order valence-electron chi connectivity index (χ2n) is 6.26. The maximum Gasteiger partial charge on any atom is 0.344 e. The summed E-state index contributed by atoms with van der Waals surface area (Å²) in [5, 5.41) is 31.9. The summed E-state index contributed by atoms with van der Waals surface area (Å²) in [7, 11) is 0. The Balaban J connectivity index is 2.05. The summed E-state index contributed by atoms with van der Waals surface area (Å²) in [6.45, 7) is 3.51. The van der Waals surface area contributed by atoms with Crippen molar-refractivity contribution in [3.8, 4) is 5.75 Å². The lowest BCUT2D eigenvalue weighted by Crippen LogP contribution is -2.12. The van der Waals surface area contributed by atoms with Crippen LogP contribution in [0.15, 0.2) is 63.7 Å². The van der Waals surface area contributed by atoms with Crippen LogP contribution in [0.5, 0.6) is 5.75 Å². The van der Waals surface area contributed by atoms with Crippen molar-refractivity contribution < 1.29 is 24.7 Å². The fraction of sp³-hybridized carbons (Fsp3) is 0.143. The van der Waals surface area contributed by atoms with Gasteiger partial charge >= 0.3 is 5.97 Å². The molecule has 1 aliphatic heterocycles. The summed E-state index contributed by atoms with van der Waals surface area (Å²) in [6.07, 6.45) is 1.56. The number of phenols is 1. The highest BCUT2D eigenvalue weighted by atomic mass is 32.2. The van der Waals surface area contributed by atoms with Crippen LogP contribution in [0.25, 0.3) is 6.08 Å². The maximum absolute atomic E-state index is 12.4. The second kappa shape index (κ2) is 8.83. The van der Waals surface area contributed by atoms with Gasteiger partial charge in [-0.2, -0.15) is 0 Å². The van der Waals surface area contributed by atoms with E-state index in [9.17, 15) is 25.1 Å². The van der Waals surface area contributed by atoms with Crippen molar-refractivity contribution in [2.24, 2.45) is 4.99 Å². The third-order valence-electron chi connectivity index (χ3n) is 4.22. The van der Waals surface area contributed by atoms with Crippen LogP contribution in [0.4, 0.5) is 11.4 Å². The number of rotatable bonds is 5. The van der Waals surface area contributed by atoms with E-state index in [-0.39, 0.29) is 34.4 Å². The number of non-ortho nitro benzene ring substituents is 1. The predicted molar refractivity (Wildman–Crippen MR) is 115 cm³/mol. The number of aliphatic hydroxyl groups is 1. The SMILES string of the molecule is CCOC(=O)C1=C(O)C(=Cc2cccc(C)c2O)SC1=Nc1ccc([N+](=O)[O-])cc1. The Kier molecular flexibility index (Phi) is 6.22. The van der Waals surface area contributed by atoms with Gasteiger partial charge in [-0.3, -0.25) is 10.1 Å². The van der Waals surface area contributed by atoms with Crippen LogP contribution in [0.3, 0.4) is 0 Å². The van der Waals surface area contributed by atoms with E-state index in [0.717, 1.165) is 11.8 Å². The fourth-order valence-electron chi connectivity index (χ4n) is 2.70. The number of esters is 1. The summed E-state index contributed by atoms with van der Waals surface area (Å²) < 4.78 is 5.04. The first-order chi connectivity index (χ1) is 14.3. The molecule has 1 heterocycles. The topological polar surface area (TPSA) is 122 Å². The van der Waals surface area contributed by atoms with Crippen LogP contribution in [-0.4, -0.2) is 32.8 Å². The molecule has 0 bridgehead atoms. The molecule has 0 aromatic heterocycles. The molecule has 154 valence electrons. The van der Waals surface area contributed by atoms with Gasteiger partial charge in [0.1, 0.15) is 22.1 Å². The van der Waals surface area contributed by atoms with Gasteiger partial charge in [-0.1, -0.05) is 30.0 Å². The molecule has 2 aromatic carbocycles. The fourth-order valence-corrected chi connectivity index (χ4v) is 3.72. The van der Waals surface area contributed by atoms with Gasteiger partial charge < -0.3 is 14.9 Å². The molecule has 2 N–H and O–H groups in total. The molecule has 0 fully saturated rings. The Hall–Kier alpha value is -3.59. The number of aryl methyl sites for hydroxylation is 1. The minimum Gasteiger partial charge on any atom is -0.507 e. The molecule has 0 radical (unpaired) electrons. The van der Waals surface area contributed by atoms with E-state index in [0.29, 0.717) is 21.7 Å². The average molecular weight is 426 g/mol. The molecule has 0 unspecified atom stereocenters. The highest BCUT2D eigenvalue weighted by Crippen LogP contribution is 2.41. The number of carbonyl (C=O) groups excluding carboxylic acids is 1. The number of thioether (sulfide) groups is 1. The highest BCUT2D eigenvalue weighted by Gasteiger charge is 2.33. The van der Waals surface area contributed by atoms with Gasteiger partial charge in [0.2, 0.25) is 0 Å². The number of aromatic hydroxyl groups is 1. The van der Waals surface area contributed by atoms with Gasteiger partial charge in [0.25, 0.3) is 5.69 Å². The first-order valence-corrected chi connectivity index (χ1v) is 9.75. The lowest BCUT2D eigenvalue weighted by molar-refractivity contribution is -0.384. The van der Waals surface area contributed by atoms with Crippen LogP contribution in [-0.2, 0) is 9.53 Å². The number of carbonyl (C=O) groups is 1. The van der Waals surface area contributed by atoms with E-state index in [1.165, 1.54) is 24.3 Å². The van der Waals surface area contributed by atoms with E-state index in [2.05, 4.69) is 4.99 Å². The normalized spacial score (nSPS) is 16.3. The Morgan fingerprint density at radius 3 is 2.57 bits per heavy atom. The second-order valence-corrected chi connectivity index (χ2v) is 7.29. The Bertz CT molecular complexity index is 1100. The quantitative estimate of drug-likeness (QED) is 0.400. The highest BCUT2D eigenvalue weighted by molar-refractivity contribution is 8.18. The zero-order valence-corrected chi connectivity index (χ0v) is 17.0. The summed E-state index contributed by atoms with van der Waals surface area (Å²) >= 11 is 1.04. The van der Waals surface area contributed by atoms with Gasteiger partial charge in [0, 0.05) is 17.7 Å². The van der Waals surface area contributed by atoms with Gasteiger partial charge in [-0.25, -0.2) is 9.79 Å². The monoisotopic (exact) mass is 426 g/mol. The number of ether oxygens (including phenoxy) is 1. The number of hydrogen-bond acceptors (Lipinski definition) is 8. The van der Waals surface area contributed by atoms with Crippen LogP contribution in [0.2, 0.25) is 0 Å². The van der Waals surface area contributed by atoms with E-state index >= 15 is 0 Å². The molecule has 0 amide bonds. The average Bonchev–Trinajstić information content (AvgIpc) is 3.01. The van der Waals surface area contributed by atoms with Crippen molar-refractivity contribution >= 4 is 40.2 Å². The Labute approximate surface area is 176 Å².